The summed E-state index contributed by atoms with van der Waals surface area (Å²) in [6, 6.07) is 4.78. The number of benzene rings is 1. The molecule has 6 nitrogen and oxygen atoms in total. The van der Waals surface area contributed by atoms with E-state index >= 15 is 0 Å². The van der Waals surface area contributed by atoms with E-state index in [2.05, 4.69) is 4.74 Å². The molecule has 134 valence electrons. The maximum absolute atomic E-state index is 12.5. The Morgan fingerprint density at radius 3 is 2.12 bits per heavy atom. The monoisotopic (exact) mass is 366 g/mol. The summed E-state index contributed by atoms with van der Waals surface area (Å²) in [7, 11) is -3.75. The first-order valence-electron chi connectivity index (χ1n) is 7.15. The smallest absolute Gasteiger partial charge is 0.422 e. The molecule has 1 heterocycles. The van der Waals surface area contributed by atoms with Gasteiger partial charge in [-0.05, 0) is 24.3 Å². The van der Waals surface area contributed by atoms with Crippen LogP contribution >= 0.6 is 0 Å². The normalized spacial score (nSPS) is 16.9. The fraction of sp³-hybridized carbons (Fsp3) is 0.500. The van der Waals surface area contributed by atoms with E-state index in [-0.39, 0.29) is 29.6 Å². The van der Waals surface area contributed by atoms with Crippen LogP contribution in [0.3, 0.4) is 0 Å². The van der Waals surface area contributed by atoms with Crippen LogP contribution in [0.15, 0.2) is 29.2 Å². The Morgan fingerprint density at radius 1 is 1.12 bits per heavy atom. The Hall–Kier alpha value is -1.81. The molecule has 1 amide bonds. The standard InChI is InChI=1S/C14H17F3N2O4S/c1-11(20)18-6-8-19(9-7-18)24(21,22)13-4-2-12(3-5-13)23-10-14(15,16)17/h2-5H,6-10H2,1H3. The van der Waals surface area contributed by atoms with Crippen molar-refractivity contribution in [1.82, 2.24) is 9.21 Å². The Labute approximate surface area is 137 Å². The highest BCUT2D eigenvalue weighted by molar-refractivity contribution is 7.89. The second kappa shape index (κ2) is 6.98. The van der Waals surface area contributed by atoms with Crippen LogP contribution in [0, 0.1) is 0 Å². The first-order valence-corrected chi connectivity index (χ1v) is 8.59. The van der Waals surface area contributed by atoms with E-state index in [1.165, 1.54) is 35.5 Å². The summed E-state index contributed by atoms with van der Waals surface area (Å²) in [5.41, 5.74) is 0. The fourth-order valence-corrected chi connectivity index (χ4v) is 3.69. The highest BCUT2D eigenvalue weighted by atomic mass is 32.2. The number of hydrogen-bond donors (Lipinski definition) is 0. The minimum Gasteiger partial charge on any atom is -0.484 e. The molecule has 0 aliphatic carbocycles. The van der Waals surface area contributed by atoms with Crippen molar-refractivity contribution in [3.8, 4) is 5.75 Å². The molecule has 1 saturated heterocycles. The molecule has 10 heteroatoms. The number of carbonyl (C=O) groups is 1. The molecule has 0 atom stereocenters. The minimum atomic E-state index is -4.46. The van der Waals surface area contributed by atoms with E-state index in [0.29, 0.717) is 13.1 Å². The zero-order valence-electron chi connectivity index (χ0n) is 12.9. The van der Waals surface area contributed by atoms with E-state index in [4.69, 9.17) is 0 Å². The van der Waals surface area contributed by atoms with Crippen LogP contribution < -0.4 is 4.74 Å². The molecule has 0 N–H and O–H groups in total. The maximum Gasteiger partial charge on any atom is 0.422 e. The summed E-state index contributed by atoms with van der Waals surface area (Å²) in [6.45, 7) is 0.946. The third-order valence-corrected chi connectivity index (χ3v) is 5.46. The largest absolute Gasteiger partial charge is 0.484 e. The zero-order valence-corrected chi connectivity index (χ0v) is 13.7. The van der Waals surface area contributed by atoms with Crippen LogP contribution in [0.1, 0.15) is 6.92 Å². The van der Waals surface area contributed by atoms with Gasteiger partial charge in [-0.25, -0.2) is 8.42 Å². The summed E-state index contributed by atoms with van der Waals surface area (Å²) in [5.74, 6) is -0.175. The lowest BCUT2D eigenvalue weighted by atomic mass is 10.3. The third-order valence-electron chi connectivity index (χ3n) is 3.55. The number of amides is 1. The van der Waals surface area contributed by atoms with Crippen molar-refractivity contribution in [2.45, 2.75) is 18.0 Å². The summed E-state index contributed by atoms with van der Waals surface area (Å²) in [6.07, 6.45) is -4.46. The van der Waals surface area contributed by atoms with Crippen molar-refractivity contribution >= 4 is 15.9 Å². The van der Waals surface area contributed by atoms with Crippen molar-refractivity contribution in [2.24, 2.45) is 0 Å². The van der Waals surface area contributed by atoms with Gasteiger partial charge in [-0.3, -0.25) is 4.79 Å². The lowest BCUT2D eigenvalue weighted by molar-refractivity contribution is -0.153. The summed E-state index contributed by atoms with van der Waals surface area (Å²) in [5, 5.41) is 0. The molecule has 0 unspecified atom stereocenters. The molecular weight excluding hydrogens is 349 g/mol. The molecule has 1 fully saturated rings. The van der Waals surface area contributed by atoms with Crippen molar-refractivity contribution < 1.29 is 31.1 Å². The first kappa shape index (κ1) is 18.5. The fourth-order valence-electron chi connectivity index (χ4n) is 2.27. The molecule has 0 radical (unpaired) electrons. The molecule has 0 bridgehead atoms. The Bertz CT molecular complexity index is 681. The molecule has 24 heavy (non-hydrogen) atoms. The van der Waals surface area contributed by atoms with E-state index in [0.717, 1.165) is 0 Å². The van der Waals surface area contributed by atoms with Gasteiger partial charge in [0.1, 0.15) is 5.75 Å². The molecule has 1 aliphatic rings. The number of sulfonamides is 1. The number of carbonyl (C=O) groups excluding carboxylic acids is 1. The van der Waals surface area contributed by atoms with Crippen molar-refractivity contribution in [1.29, 1.82) is 0 Å². The predicted octanol–water partition coefficient (Wildman–Crippen LogP) is 1.48. The van der Waals surface area contributed by atoms with Crippen LogP contribution in [-0.4, -0.2) is 62.5 Å². The minimum absolute atomic E-state index is 0.0295. The molecule has 1 aliphatic heterocycles. The quantitative estimate of drug-likeness (QED) is 0.810. The number of rotatable bonds is 4. The number of ether oxygens (including phenoxy) is 1. The SMILES string of the molecule is CC(=O)N1CCN(S(=O)(=O)c2ccc(OCC(F)(F)F)cc2)CC1. The Balaban J connectivity index is 2.03. The van der Waals surface area contributed by atoms with Crippen molar-refractivity contribution in [3.05, 3.63) is 24.3 Å². The lowest BCUT2D eigenvalue weighted by Gasteiger charge is -2.33. The lowest BCUT2D eigenvalue weighted by Crippen LogP contribution is -2.49. The number of alkyl halides is 3. The summed E-state index contributed by atoms with van der Waals surface area (Å²) < 4.78 is 67.0. The van der Waals surface area contributed by atoms with E-state index in [9.17, 15) is 26.4 Å². The molecule has 2 rings (SSSR count). The van der Waals surface area contributed by atoms with Gasteiger partial charge in [-0.15, -0.1) is 0 Å². The first-order chi connectivity index (χ1) is 11.1. The number of piperazine rings is 1. The second-order valence-corrected chi connectivity index (χ2v) is 7.22. The van der Waals surface area contributed by atoms with Gasteiger partial charge in [0.25, 0.3) is 0 Å². The highest BCUT2D eigenvalue weighted by Gasteiger charge is 2.30. The van der Waals surface area contributed by atoms with Gasteiger partial charge >= 0.3 is 6.18 Å². The average molecular weight is 366 g/mol. The Kier molecular flexibility index (Phi) is 5.38. The van der Waals surface area contributed by atoms with Gasteiger partial charge in [0.15, 0.2) is 6.61 Å². The number of halogens is 3. The molecule has 0 aromatic heterocycles. The Morgan fingerprint density at radius 2 is 1.67 bits per heavy atom. The molecule has 0 spiro atoms. The van der Waals surface area contributed by atoms with Gasteiger partial charge in [0, 0.05) is 33.1 Å². The van der Waals surface area contributed by atoms with Crippen LogP contribution in [0.4, 0.5) is 13.2 Å². The molecular formula is C14H17F3N2O4S. The highest BCUT2D eigenvalue weighted by Crippen LogP contribution is 2.22. The van der Waals surface area contributed by atoms with Gasteiger partial charge in [-0.1, -0.05) is 0 Å². The van der Waals surface area contributed by atoms with Gasteiger partial charge < -0.3 is 9.64 Å². The second-order valence-electron chi connectivity index (χ2n) is 5.29. The van der Waals surface area contributed by atoms with Crippen LogP contribution in [-0.2, 0) is 14.8 Å². The van der Waals surface area contributed by atoms with Gasteiger partial charge in [-0.2, -0.15) is 17.5 Å². The average Bonchev–Trinajstić information content (AvgIpc) is 2.52. The molecule has 1 aromatic carbocycles. The van der Waals surface area contributed by atoms with E-state index in [1.54, 1.807) is 4.90 Å². The molecule has 0 saturated carbocycles. The van der Waals surface area contributed by atoms with E-state index < -0.39 is 22.8 Å². The van der Waals surface area contributed by atoms with Gasteiger partial charge in [0.05, 0.1) is 4.90 Å². The van der Waals surface area contributed by atoms with Crippen molar-refractivity contribution in [2.75, 3.05) is 32.8 Å². The zero-order chi connectivity index (χ0) is 18.0. The van der Waals surface area contributed by atoms with Crippen LogP contribution in [0.5, 0.6) is 5.75 Å². The summed E-state index contributed by atoms with van der Waals surface area (Å²) >= 11 is 0. The van der Waals surface area contributed by atoms with Crippen LogP contribution in [0.2, 0.25) is 0 Å². The third kappa shape index (κ3) is 4.60. The predicted molar refractivity (Wildman–Crippen MR) is 79.0 cm³/mol. The molecule has 1 aromatic rings. The summed E-state index contributed by atoms with van der Waals surface area (Å²) in [4.78, 5) is 12.8. The topological polar surface area (TPSA) is 66.9 Å². The number of hydrogen-bond acceptors (Lipinski definition) is 4. The van der Waals surface area contributed by atoms with Crippen molar-refractivity contribution in [3.63, 3.8) is 0 Å². The number of nitrogens with zero attached hydrogens (tertiary/aromatic N) is 2. The van der Waals surface area contributed by atoms with Crippen LogP contribution in [0.25, 0.3) is 0 Å². The van der Waals surface area contributed by atoms with E-state index in [1.807, 2.05) is 0 Å². The van der Waals surface area contributed by atoms with Gasteiger partial charge in [0.2, 0.25) is 15.9 Å². The maximum atomic E-state index is 12.5.